The normalized spacial score (nSPS) is 17.9. The molecule has 2 amide bonds. The van der Waals surface area contributed by atoms with Crippen LogP contribution in [0.5, 0.6) is 0 Å². The molecule has 8 nitrogen and oxygen atoms in total. The van der Waals surface area contributed by atoms with Gasteiger partial charge in [0.1, 0.15) is 5.82 Å². The molecule has 128 valence electrons. The van der Waals surface area contributed by atoms with Gasteiger partial charge in [0.05, 0.1) is 12.1 Å². The number of carbonyl (C=O) groups is 2. The van der Waals surface area contributed by atoms with E-state index in [2.05, 4.69) is 15.3 Å². The Hall–Kier alpha value is -2.25. The molecule has 1 fully saturated rings. The Balaban J connectivity index is 1.90. The summed E-state index contributed by atoms with van der Waals surface area (Å²) in [5.41, 5.74) is 0.974. The van der Waals surface area contributed by atoms with Crippen LogP contribution < -0.4 is 10.2 Å². The summed E-state index contributed by atoms with van der Waals surface area (Å²) in [5, 5.41) is 16.0. The third-order valence-electron chi connectivity index (χ3n) is 4.06. The summed E-state index contributed by atoms with van der Waals surface area (Å²) < 4.78 is 1.86. The van der Waals surface area contributed by atoms with Crippen LogP contribution >= 0.6 is 0 Å². The van der Waals surface area contributed by atoms with Crippen LogP contribution in [0, 0.1) is 6.92 Å². The second-order valence-electron chi connectivity index (χ2n) is 6.07. The Morgan fingerprint density at radius 1 is 1.52 bits per heavy atom. The quantitative estimate of drug-likeness (QED) is 0.837. The van der Waals surface area contributed by atoms with Gasteiger partial charge in [-0.25, -0.2) is 4.79 Å². The van der Waals surface area contributed by atoms with E-state index >= 15 is 0 Å². The van der Waals surface area contributed by atoms with Crippen molar-refractivity contribution in [1.82, 2.24) is 20.0 Å². The van der Waals surface area contributed by atoms with E-state index in [0.29, 0.717) is 0 Å². The number of hydrogen-bond donors (Lipinski definition) is 2. The van der Waals surface area contributed by atoms with E-state index in [0.717, 1.165) is 37.4 Å². The van der Waals surface area contributed by atoms with E-state index in [1.54, 1.807) is 7.05 Å². The van der Waals surface area contributed by atoms with Gasteiger partial charge in [0.2, 0.25) is 0 Å². The van der Waals surface area contributed by atoms with Crippen LogP contribution in [0.15, 0.2) is 6.07 Å². The number of rotatable bonds is 5. The molecule has 2 heterocycles. The monoisotopic (exact) mass is 323 g/mol. The lowest BCUT2D eigenvalue weighted by Crippen LogP contribution is -2.51. The average molecular weight is 323 g/mol. The summed E-state index contributed by atoms with van der Waals surface area (Å²) in [6.45, 7) is 3.85. The maximum absolute atomic E-state index is 12.1. The minimum atomic E-state index is -0.903. The predicted molar refractivity (Wildman–Crippen MR) is 86.6 cm³/mol. The van der Waals surface area contributed by atoms with Crippen molar-refractivity contribution in [3.8, 4) is 0 Å². The molecule has 8 heteroatoms. The van der Waals surface area contributed by atoms with Gasteiger partial charge < -0.3 is 20.2 Å². The number of piperidine rings is 1. The lowest BCUT2D eigenvalue weighted by Gasteiger charge is -2.35. The van der Waals surface area contributed by atoms with Crippen molar-refractivity contribution in [2.24, 2.45) is 7.05 Å². The first-order valence-electron chi connectivity index (χ1n) is 7.86. The fourth-order valence-corrected chi connectivity index (χ4v) is 2.85. The molecule has 0 saturated carbocycles. The highest BCUT2D eigenvalue weighted by Gasteiger charge is 2.24. The number of carboxylic acids is 1. The average Bonchev–Trinajstić information content (AvgIpc) is 2.83. The number of aromatic nitrogens is 2. The number of amides is 2. The topological polar surface area (TPSA) is 90.7 Å². The van der Waals surface area contributed by atoms with Crippen LogP contribution in [-0.2, 0) is 11.8 Å². The largest absolute Gasteiger partial charge is 0.481 e. The van der Waals surface area contributed by atoms with Gasteiger partial charge in [-0.15, -0.1) is 0 Å². The van der Waals surface area contributed by atoms with Crippen LogP contribution in [0.25, 0.3) is 0 Å². The van der Waals surface area contributed by atoms with Crippen LogP contribution in [0.2, 0.25) is 0 Å². The molecule has 1 saturated heterocycles. The van der Waals surface area contributed by atoms with Gasteiger partial charge in [0.25, 0.3) is 0 Å². The SMILES string of the molecule is Cc1cc(N2CCCC(NC(=O)N(C)CCC(=O)O)C2)n(C)n1. The van der Waals surface area contributed by atoms with Crippen LogP contribution in [-0.4, -0.2) is 64.5 Å². The predicted octanol–water partition coefficient (Wildman–Crippen LogP) is 0.813. The number of aryl methyl sites for hydroxylation is 2. The number of nitrogens with one attached hydrogen (secondary N) is 1. The van der Waals surface area contributed by atoms with Crippen molar-refractivity contribution in [3.63, 3.8) is 0 Å². The summed E-state index contributed by atoms with van der Waals surface area (Å²) in [6.07, 6.45) is 1.87. The molecule has 23 heavy (non-hydrogen) atoms. The highest BCUT2D eigenvalue weighted by atomic mass is 16.4. The molecule has 0 spiro atoms. The standard InChI is InChI=1S/C15H25N5O3/c1-11-9-13(19(3)17-11)20-7-4-5-12(10-20)16-15(23)18(2)8-6-14(21)22/h9,12H,4-8,10H2,1-3H3,(H,16,23)(H,21,22). The van der Waals surface area contributed by atoms with E-state index < -0.39 is 5.97 Å². The number of aliphatic carboxylic acids is 1. The number of carboxylic acid groups (broad SMARTS) is 1. The minimum absolute atomic E-state index is 0.0466. The first-order valence-corrected chi connectivity index (χ1v) is 7.86. The van der Waals surface area contributed by atoms with E-state index in [1.807, 2.05) is 24.7 Å². The lowest BCUT2D eigenvalue weighted by atomic mass is 10.1. The van der Waals surface area contributed by atoms with Crippen molar-refractivity contribution in [1.29, 1.82) is 0 Å². The molecule has 0 radical (unpaired) electrons. The van der Waals surface area contributed by atoms with E-state index in [-0.39, 0.29) is 25.0 Å². The Kier molecular flexibility index (Phi) is 5.46. The zero-order valence-electron chi connectivity index (χ0n) is 13.9. The molecule has 0 aromatic carbocycles. The Labute approximate surface area is 136 Å². The fourth-order valence-electron chi connectivity index (χ4n) is 2.85. The number of urea groups is 1. The van der Waals surface area contributed by atoms with Crippen LogP contribution in [0.1, 0.15) is 25.0 Å². The van der Waals surface area contributed by atoms with Crippen molar-refractivity contribution in [3.05, 3.63) is 11.8 Å². The van der Waals surface area contributed by atoms with Crippen LogP contribution in [0.4, 0.5) is 10.6 Å². The first-order chi connectivity index (χ1) is 10.9. The molecule has 2 N–H and O–H groups in total. The van der Waals surface area contributed by atoms with Crippen molar-refractivity contribution >= 4 is 17.8 Å². The van der Waals surface area contributed by atoms with Crippen molar-refractivity contribution < 1.29 is 14.7 Å². The smallest absolute Gasteiger partial charge is 0.317 e. The number of hydrogen-bond acceptors (Lipinski definition) is 4. The summed E-state index contributed by atoms with van der Waals surface area (Å²) >= 11 is 0. The Bertz CT molecular complexity index is 571. The molecule has 1 aliphatic rings. The van der Waals surface area contributed by atoms with Gasteiger partial charge in [-0.05, 0) is 19.8 Å². The van der Waals surface area contributed by atoms with E-state index in [4.69, 9.17) is 5.11 Å². The Morgan fingerprint density at radius 2 is 2.26 bits per heavy atom. The summed E-state index contributed by atoms with van der Waals surface area (Å²) in [5.74, 6) is 0.153. The minimum Gasteiger partial charge on any atom is -0.481 e. The van der Waals surface area contributed by atoms with Gasteiger partial charge in [-0.1, -0.05) is 0 Å². The third-order valence-corrected chi connectivity index (χ3v) is 4.06. The highest BCUT2D eigenvalue weighted by molar-refractivity contribution is 5.75. The summed E-state index contributed by atoms with van der Waals surface area (Å²) in [4.78, 5) is 26.3. The third kappa shape index (κ3) is 4.61. The fraction of sp³-hybridized carbons (Fsp3) is 0.667. The van der Waals surface area contributed by atoms with Gasteiger partial charge in [0, 0.05) is 45.8 Å². The molecule has 1 aliphatic heterocycles. The van der Waals surface area contributed by atoms with Gasteiger partial charge >= 0.3 is 12.0 Å². The van der Waals surface area contributed by atoms with E-state index in [1.165, 1.54) is 4.90 Å². The molecule has 1 atom stereocenters. The maximum atomic E-state index is 12.1. The lowest BCUT2D eigenvalue weighted by molar-refractivity contribution is -0.137. The van der Waals surface area contributed by atoms with E-state index in [9.17, 15) is 9.59 Å². The zero-order chi connectivity index (χ0) is 17.0. The molecular weight excluding hydrogens is 298 g/mol. The Morgan fingerprint density at radius 3 is 2.87 bits per heavy atom. The van der Waals surface area contributed by atoms with Crippen molar-refractivity contribution in [2.45, 2.75) is 32.2 Å². The van der Waals surface area contributed by atoms with Gasteiger partial charge in [0.15, 0.2) is 0 Å². The summed E-state index contributed by atoms with van der Waals surface area (Å²) in [7, 11) is 3.54. The van der Waals surface area contributed by atoms with Crippen LogP contribution in [0.3, 0.4) is 0 Å². The molecular formula is C15H25N5O3. The molecule has 1 unspecified atom stereocenters. The molecule has 1 aromatic heterocycles. The molecule has 1 aromatic rings. The number of anilines is 1. The highest BCUT2D eigenvalue weighted by Crippen LogP contribution is 2.20. The number of nitrogens with zero attached hydrogens (tertiary/aromatic N) is 4. The molecule has 0 aliphatic carbocycles. The summed E-state index contributed by atoms with van der Waals surface area (Å²) in [6, 6.07) is 1.88. The maximum Gasteiger partial charge on any atom is 0.317 e. The molecule has 0 bridgehead atoms. The van der Waals surface area contributed by atoms with Crippen molar-refractivity contribution in [2.75, 3.05) is 31.6 Å². The van der Waals surface area contributed by atoms with Gasteiger partial charge in [-0.2, -0.15) is 5.10 Å². The second kappa shape index (κ2) is 7.34. The zero-order valence-corrected chi connectivity index (χ0v) is 13.9. The number of carbonyl (C=O) groups excluding carboxylic acids is 1. The van der Waals surface area contributed by atoms with Gasteiger partial charge in [-0.3, -0.25) is 9.48 Å². The molecule has 2 rings (SSSR count). The second-order valence-corrected chi connectivity index (χ2v) is 6.07. The first kappa shape index (κ1) is 17.1.